The molecular weight excluding hydrogens is 314 g/mol. The number of hydrogen-bond donors (Lipinski definition) is 1. The first-order chi connectivity index (χ1) is 11.1. The summed E-state index contributed by atoms with van der Waals surface area (Å²) in [4.78, 5) is 30.5. The van der Waals surface area contributed by atoms with Crippen molar-refractivity contribution in [3.8, 4) is 0 Å². The predicted molar refractivity (Wildman–Crippen MR) is 89.9 cm³/mol. The van der Waals surface area contributed by atoms with Crippen LogP contribution >= 0.6 is 0 Å². The van der Waals surface area contributed by atoms with Crippen molar-refractivity contribution in [1.82, 2.24) is 9.88 Å². The fourth-order valence-electron chi connectivity index (χ4n) is 2.62. The zero-order valence-electron chi connectivity index (χ0n) is 14.4. The second-order valence-corrected chi connectivity index (χ2v) is 6.80. The highest BCUT2D eigenvalue weighted by molar-refractivity contribution is 5.73. The number of rotatable bonds is 2. The molecular formula is C15H23N5O4. The Balaban J connectivity index is 2.16. The summed E-state index contributed by atoms with van der Waals surface area (Å²) >= 11 is 0. The number of pyridine rings is 1. The molecule has 1 amide bonds. The van der Waals surface area contributed by atoms with E-state index in [-0.39, 0.29) is 29.3 Å². The number of ether oxygens (including phenoxy) is 1. The van der Waals surface area contributed by atoms with Crippen LogP contribution in [0.2, 0.25) is 0 Å². The Hall–Kier alpha value is -2.58. The molecule has 24 heavy (non-hydrogen) atoms. The van der Waals surface area contributed by atoms with Gasteiger partial charge in [0.1, 0.15) is 11.3 Å². The Morgan fingerprint density at radius 2 is 2.12 bits per heavy atom. The monoisotopic (exact) mass is 337 g/mol. The van der Waals surface area contributed by atoms with E-state index in [2.05, 4.69) is 4.98 Å². The minimum atomic E-state index is -0.567. The molecule has 1 aliphatic heterocycles. The molecule has 1 saturated heterocycles. The number of piperazine rings is 1. The van der Waals surface area contributed by atoms with Crippen LogP contribution in [0.5, 0.6) is 0 Å². The maximum absolute atomic E-state index is 12.2. The van der Waals surface area contributed by atoms with Crippen molar-refractivity contribution in [3.05, 3.63) is 22.4 Å². The molecule has 1 atom stereocenters. The largest absolute Gasteiger partial charge is 0.444 e. The minimum Gasteiger partial charge on any atom is -0.444 e. The Morgan fingerprint density at radius 1 is 1.46 bits per heavy atom. The molecule has 0 saturated carbocycles. The van der Waals surface area contributed by atoms with Crippen molar-refractivity contribution < 1.29 is 14.5 Å². The third kappa shape index (κ3) is 3.84. The molecule has 2 N–H and O–H groups in total. The fraction of sp³-hybridized carbons (Fsp3) is 0.600. The molecule has 1 aliphatic rings. The van der Waals surface area contributed by atoms with Crippen LogP contribution in [0.25, 0.3) is 0 Å². The van der Waals surface area contributed by atoms with Gasteiger partial charge < -0.3 is 20.3 Å². The lowest BCUT2D eigenvalue weighted by Crippen LogP contribution is -2.55. The lowest BCUT2D eigenvalue weighted by molar-refractivity contribution is -0.383. The molecule has 1 aromatic rings. The van der Waals surface area contributed by atoms with Gasteiger partial charge >= 0.3 is 11.8 Å². The molecule has 2 rings (SSSR count). The summed E-state index contributed by atoms with van der Waals surface area (Å²) in [6.07, 6.45) is 1.06. The number of nitro groups is 1. The van der Waals surface area contributed by atoms with Crippen molar-refractivity contribution in [2.24, 2.45) is 0 Å². The predicted octanol–water partition coefficient (Wildman–Crippen LogP) is 2.02. The topological polar surface area (TPSA) is 115 Å². The first-order valence-corrected chi connectivity index (χ1v) is 7.73. The molecule has 0 aromatic carbocycles. The van der Waals surface area contributed by atoms with Crippen LogP contribution in [-0.2, 0) is 4.74 Å². The number of nitrogens with two attached hydrogens (primary N) is 1. The minimum absolute atomic E-state index is 0.0761. The zero-order valence-corrected chi connectivity index (χ0v) is 14.4. The van der Waals surface area contributed by atoms with E-state index in [4.69, 9.17) is 10.5 Å². The molecule has 9 heteroatoms. The SMILES string of the molecule is CC1CN(c2nccc(N)c2[N+](=O)[O-])CCN1C(=O)OC(C)(C)C. The maximum atomic E-state index is 12.2. The van der Waals surface area contributed by atoms with Crippen LogP contribution in [0, 0.1) is 10.1 Å². The van der Waals surface area contributed by atoms with Gasteiger partial charge in [0.05, 0.1) is 4.92 Å². The molecule has 0 radical (unpaired) electrons. The summed E-state index contributed by atoms with van der Waals surface area (Å²) in [5.41, 5.74) is 5.03. The van der Waals surface area contributed by atoms with Gasteiger partial charge in [0, 0.05) is 31.9 Å². The lowest BCUT2D eigenvalue weighted by atomic mass is 10.2. The third-order valence-electron chi connectivity index (χ3n) is 3.67. The number of nitrogen functional groups attached to an aromatic ring is 1. The summed E-state index contributed by atoms with van der Waals surface area (Å²) in [5.74, 6) is 0.232. The van der Waals surface area contributed by atoms with Gasteiger partial charge in [0.2, 0.25) is 5.82 Å². The smallest absolute Gasteiger partial charge is 0.410 e. The summed E-state index contributed by atoms with van der Waals surface area (Å²) in [5, 5.41) is 11.3. The van der Waals surface area contributed by atoms with Crippen LogP contribution in [0.1, 0.15) is 27.7 Å². The molecule has 2 heterocycles. The first-order valence-electron chi connectivity index (χ1n) is 7.73. The maximum Gasteiger partial charge on any atom is 0.410 e. The van der Waals surface area contributed by atoms with Gasteiger partial charge in [-0.3, -0.25) is 10.1 Å². The highest BCUT2D eigenvalue weighted by Crippen LogP contribution is 2.32. The van der Waals surface area contributed by atoms with Crippen molar-refractivity contribution >= 4 is 23.3 Å². The summed E-state index contributed by atoms with van der Waals surface area (Å²) in [6.45, 7) is 8.53. The third-order valence-corrected chi connectivity index (χ3v) is 3.67. The number of amides is 1. The zero-order chi connectivity index (χ0) is 18.1. The summed E-state index contributed by atoms with van der Waals surface area (Å²) in [7, 11) is 0. The number of carbonyl (C=O) groups excluding carboxylic acids is 1. The van der Waals surface area contributed by atoms with E-state index in [0.717, 1.165) is 0 Å². The van der Waals surface area contributed by atoms with Crippen molar-refractivity contribution in [2.45, 2.75) is 39.3 Å². The van der Waals surface area contributed by atoms with Gasteiger partial charge in [0.25, 0.3) is 0 Å². The van der Waals surface area contributed by atoms with E-state index < -0.39 is 10.5 Å². The first kappa shape index (κ1) is 17.8. The van der Waals surface area contributed by atoms with Gasteiger partial charge in [-0.25, -0.2) is 9.78 Å². The second-order valence-electron chi connectivity index (χ2n) is 6.80. The average Bonchev–Trinajstić information content (AvgIpc) is 2.44. The van der Waals surface area contributed by atoms with Crippen molar-refractivity contribution in [1.29, 1.82) is 0 Å². The van der Waals surface area contributed by atoms with Crippen LogP contribution in [0.4, 0.5) is 22.0 Å². The molecule has 1 aromatic heterocycles. The molecule has 1 fully saturated rings. The van der Waals surface area contributed by atoms with Crippen LogP contribution in [0.3, 0.4) is 0 Å². The van der Waals surface area contributed by atoms with Gasteiger partial charge in [-0.1, -0.05) is 0 Å². The quantitative estimate of drug-likeness (QED) is 0.648. The van der Waals surface area contributed by atoms with Crippen molar-refractivity contribution in [2.75, 3.05) is 30.3 Å². The highest BCUT2D eigenvalue weighted by atomic mass is 16.6. The molecule has 132 valence electrons. The van der Waals surface area contributed by atoms with Crippen LogP contribution in [0.15, 0.2) is 12.3 Å². The Labute approximate surface area is 140 Å². The molecule has 1 unspecified atom stereocenters. The molecule has 0 aliphatic carbocycles. The normalized spacial score (nSPS) is 18.4. The molecule has 0 spiro atoms. The van der Waals surface area contributed by atoms with E-state index in [1.54, 1.807) is 9.80 Å². The lowest BCUT2D eigenvalue weighted by Gasteiger charge is -2.40. The fourth-order valence-corrected chi connectivity index (χ4v) is 2.62. The number of hydrogen-bond acceptors (Lipinski definition) is 7. The number of carbonyl (C=O) groups is 1. The van der Waals surface area contributed by atoms with E-state index in [0.29, 0.717) is 19.6 Å². The Bertz CT molecular complexity index is 643. The van der Waals surface area contributed by atoms with E-state index in [9.17, 15) is 14.9 Å². The van der Waals surface area contributed by atoms with E-state index >= 15 is 0 Å². The Morgan fingerprint density at radius 3 is 2.67 bits per heavy atom. The summed E-state index contributed by atoms with van der Waals surface area (Å²) < 4.78 is 5.39. The van der Waals surface area contributed by atoms with Crippen LogP contribution < -0.4 is 10.6 Å². The highest BCUT2D eigenvalue weighted by Gasteiger charge is 2.34. The summed E-state index contributed by atoms with van der Waals surface area (Å²) in [6, 6.07) is 1.23. The Kier molecular flexibility index (Phi) is 4.81. The van der Waals surface area contributed by atoms with Gasteiger partial charge in [-0.05, 0) is 33.8 Å². The van der Waals surface area contributed by atoms with E-state index in [1.807, 2.05) is 27.7 Å². The van der Waals surface area contributed by atoms with Crippen molar-refractivity contribution in [3.63, 3.8) is 0 Å². The number of nitrogens with zero attached hydrogens (tertiary/aromatic N) is 4. The second kappa shape index (κ2) is 6.50. The van der Waals surface area contributed by atoms with Crippen LogP contribution in [-0.4, -0.2) is 52.2 Å². The number of aromatic nitrogens is 1. The van der Waals surface area contributed by atoms with Gasteiger partial charge in [-0.2, -0.15) is 0 Å². The average molecular weight is 337 g/mol. The standard InChI is InChI=1S/C15H23N5O4/c1-10-9-18(7-8-19(10)14(21)24-15(2,3)4)13-12(20(22)23)11(16)5-6-17-13/h5-6,10H,7-9H2,1-4H3,(H2,16,17). The number of anilines is 2. The van der Waals surface area contributed by atoms with Gasteiger partial charge in [0.15, 0.2) is 0 Å². The molecule has 9 nitrogen and oxygen atoms in total. The van der Waals surface area contributed by atoms with E-state index in [1.165, 1.54) is 12.3 Å². The van der Waals surface area contributed by atoms with Gasteiger partial charge in [-0.15, -0.1) is 0 Å². The molecule has 0 bridgehead atoms.